The molecule has 4 rings (SSSR count). The molecule has 112 valence electrons. The highest BCUT2D eigenvalue weighted by atomic mass is 16.8. The fourth-order valence-corrected chi connectivity index (χ4v) is 2.52. The summed E-state index contributed by atoms with van der Waals surface area (Å²) in [5, 5.41) is 1.56. The zero-order chi connectivity index (χ0) is 15.8. The molecular formula is C17H11N3O3. The van der Waals surface area contributed by atoms with Gasteiger partial charge in [-0.25, -0.2) is 10.5 Å². The van der Waals surface area contributed by atoms with Gasteiger partial charge in [0.1, 0.15) is 0 Å². The van der Waals surface area contributed by atoms with E-state index in [0.717, 1.165) is 16.2 Å². The van der Waals surface area contributed by atoms with Crippen molar-refractivity contribution in [3.05, 3.63) is 71.2 Å². The normalized spacial score (nSPS) is 17.9. The average molecular weight is 305 g/mol. The van der Waals surface area contributed by atoms with E-state index in [9.17, 15) is 9.59 Å². The van der Waals surface area contributed by atoms with Gasteiger partial charge in [-0.15, -0.1) is 0 Å². The lowest BCUT2D eigenvalue weighted by Crippen LogP contribution is -2.30. The van der Waals surface area contributed by atoms with Crippen LogP contribution in [0.15, 0.2) is 60.1 Å². The summed E-state index contributed by atoms with van der Waals surface area (Å²) in [5.41, 5.74) is 5.11. The van der Waals surface area contributed by atoms with Gasteiger partial charge >= 0.3 is 0 Å². The van der Waals surface area contributed by atoms with Gasteiger partial charge in [-0.1, -0.05) is 24.0 Å². The van der Waals surface area contributed by atoms with Crippen molar-refractivity contribution in [2.45, 2.75) is 0 Å². The van der Waals surface area contributed by atoms with Crippen molar-refractivity contribution < 1.29 is 14.5 Å². The quantitative estimate of drug-likeness (QED) is 0.626. The van der Waals surface area contributed by atoms with Crippen molar-refractivity contribution in [3.8, 4) is 11.8 Å². The molecule has 1 aromatic rings. The minimum atomic E-state index is -0.296. The maximum Gasteiger partial charge on any atom is 0.262 e. The van der Waals surface area contributed by atoms with Crippen LogP contribution in [0.5, 0.6) is 0 Å². The molecule has 2 amide bonds. The number of benzene rings is 1. The Labute approximate surface area is 132 Å². The third-order valence-corrected chi connectivity index (χ3v) is 3.65. The number of amides is 2. The summed E-state index contributed by atoms with van der Waals surface area (Å²) in [6.45, 7) is 0.0645. The monoisotopic (exact) mass is 305 g/mol. The Balaban J connectivity index is 1.50. The summed E-state index contributed by atoms with van der Waals surface area (Å²) in [6.07, 6.45) is 7.07. The Morgan fingerprint density at radius 1 is 1.13 bits per heavy atom. The van der Waals surface area contributed by atoms with E-state index in [1.165, 1.54) is 0 Å². The number of rotatable bonds is 1. The molecule has 0 aliphatic carbocycles. The fraction of sp³-hybridized carbons (Fsp3) is 0.0588. The van der Waals surface area contributed by atoms with Crippen LogP contribution in [0.3, 0.4) is 0 Å². The molecule has 23 heavy (non-hydrogen) atoms. The molecule has 6 heteroatoms. The Kier molecular flexibility index (Phi) is 3.00. The predicted octanol–water partition coefficient (Wildman–Crippen LogP) is 1.33. The van der Waals surface area contributed by atoms with Gasteiger partial charge in [-0.2, -0.15) is 4.94 Å². The maximum absolute atomic E-state index is 12.2. The summed E-state index contributed by atoms with van der Waals surface area (Å²) in [4.78, 5) is 30.6. The molecule has 1 N–H and O–H groups in total. The average Bonchev–Trinajstić information content (AvgIpc) is 3.13. The largest absolute Gasteiger partial charge is 0.269 e. The number of fused-ring (bicyclic) bond motifs is 2. The van der Waals surface area contributed by atoms with Gasteiger partial charge in [-0.3, -0.25) is 14.5 Å². The van der Waals surface area contributed by atoms with Crippen LogP contribution in [0.25, 0.3) is 0 Å². The molecule has 1 aromatic carbocycles. The number of carbonyl (C=O) groups excluding carboxylic acids is 2. The number of hydrogen-bond acceptors (Lipinski definition) is 5. The lowest BCUT2D eigenvalue weighted by atomic mass is 10.1. The van der Waals surface area contributed by atoms with E-state index < -0.39 is 0 Å². The first kappa shape index (κ1) is 13.4. The minimum Gasteiger partial charge on any atom is -0.269 e. The third-order valence-electron chi connectivity index (χ3n) is 3.65. The zero-order valence-corrected chi connectivity index (χ0v) is 11.9. The standard InChI is InChI=1S/C17H11N3O3/c21-16-14-5-1-2-6-15(14)17(22)19(16)8-3-4-12-7-9-20-13(10-12)11-18-23-20/h1-2,5-7,9-11,18H,8H2. The van der Waals surface area contributed by atoms with Gasteiger partial charge in [0.05, 0.1) is 29.6 Å². The molecule has 6 nitrogen and oxygen atoms in total. The Bertz CT molecular complexity index is 836. The highest BCUT2D eigenvalue weighted by Crippen LogP contribution is 2.22. The first-order valence-electron chi connectivity index (χ1n) is 7.00. The van der Waals surface area contributed by atoms with Crippen molar-refractivity contribution in [3.63, 3.8) is 0 Å². The highest BCUT2D eigenvalue weighted by Gasteiger charge is 2.34. The highest BCUT2D eigenvalue weighted by molar-refractivity contribution is 6.21. The van der Waals surface area contributed by atoms with Gasteiger partial charge < -0.3 is 0 Å². The number of allylic oxidation sites excluding steroid dienone is 3. The molecule has 0 radical (unpaired) electrons. The topological polar surface area (TPSA) is 61.9 Å². The second-order valence-corrected chi connectivity index (χ2v) is 5.06. The van der Waals surface area contributed by atoms with Gasteiger partial charge in [-0.05, 0) is 24.3 Å². The van der Waals surface area contributed by atoms with Crippen LogP contribution in [0, 0.1) is 11.8 Å². The SMILES string of the molecule is O=C1c2ccccc2C(=O)N1CC#CC1=CC2=CNON2C=C1. The van der Waals surface area contributed by atoms with Crippen molar-refractivity contribution in [1.82, 2.24) is 15.4 Å². The van der Waals surface area contributed by atoms with Gasteiger partial charge in [0.15, 0.2) is 0 Å². The molecule has 3 aliphatic heterocycles. The van der Waals surface area contributed by atoms with Crippen LogP contribution < -0.4 is 5.48 Å². The van der Waals surface area contributed by atoms with E-state index >= 15 is 0 Å². The van der Waals surface area contributed by atoms with Gasteiger partial charge in [0.25, 0.3) is 11.8 Å². The van der Waals surface area contributed by atoms with Crippen LogP contribution in [0.1, 0.15) is 20.7 Å². The Morgan fingerprint density at radius 3 is 2.61 bits per heavy atom. The molecular weight excluding hydrogens is 294 g/mol. The first-order chi connectivity index (χ1) is 11.2. The van der Waals surface area contributed by atoms with E-state index in [-0.39, 0.29) is 18.4 Å². The van der Waals surface area contributed by atoms with Crippen LogP contribution in [-0.2, 0) is 4.94 Å². The van der Waals surface area contributed by atoms with Crippen molar-refractivity contribution in [1.29, 1.82) is 0 Å². The van der Waals surface area contributed by atoms with Crippen molar-refractivity contribution in [2.75, 3.05) is 6.54 Å². The van der Waals surface area contributed by atoms with E-state index in [1.807, 2.05) is 6.08 Å². The predicted molar refractivity (Wildman–Crippen MR) is 81.0 cm³/mol. The van der Waals surface area contributed by atoms with E-state index in [4.69, 9.17) is 4.94 Å². The number of hydrogen-bond donors (Lipinski definition) is 1. The zero-order valence-electron chi connectivity index (χ0n) is 11.9. The third kappa shape index (κ3) is 2.20. The van der Waals surface area contributed by atoms with E-state index in [0.29, 0.717) is 11.1 Å². The molecule has 3 heterocycles. The first-order valence-corrected chi connectivity index (χ1v) is 7.00. The van der Waals surface area contributed by atoms with Gasteiger partial charge in [0, 0.05) is 11.8 Å². The number of nitrogens with zero attached hydrogens (tertiary/aromatic N) is 2. The van der Waals surface area contributed by atoms with Crippen LogP contribution in [-0.4, -0.2) is 28.3 Å². The molecule has 0 atom stereocenters. The van der Waals surface area contributed by atoms with Crippen molar-refractivity contribution in [2.24, 2.45) is 0 Å². The lowest BCUT2D eigenvalue weighted by molar-refractivity contribution is -0.112. The van der Waals surface area contributed by atoms with Gasteiger partial charge in [0.2, 0.25) is 0 Å². The number of carbonyl (C=O) groups is 2. The molecule has 0 saturated heterocycles. The summed E-state index contributed by atoms with van der Waals surface area (Å²) in [5.74, 6) is 5.24. The van der Waals surface area contributed by atoms with Crippen LogP contribution in [0.2, 0.25) is 0 Å². The smallest absolute Gasteiger partial charge is 0.262 e. The number of hydroxylamine groups is 3. The Morgan fingerprint density at radius 2 is 1.87 bits per heavy atom. The molecule has 0 saturated carbocycles. The second kappa shape index (κ2) is 5.16. The molecule has 0 aromatic heterocycles. The van der Waals surface area contributed by atoms with Crippen LogP contribution >= 0.6 is 0 Å². The molecule has 0 unspecified atom stereocenters. The molecule has 0 spiro atoms. The van der Waals surface area contributed by atoms with Crippen LogP contribution in [0.4, 0.5) is 0 Å². The second-order valence-electron chi connectivity index (χ2n) is 5.06. The summed E-state index contributed by atoms with van der Waals surface area (Å²) in [6, 6.07) is 6.80. The Hall–Kier alpha value is -3.30. The summed E-state index contributed by atoms with van der Waals surface area (Å²) in [7, 11) is 0. The number of imide groups is 1. The lowest BCUT2D eigenvalue weighted by Gasteiger charge is -2.14. The summed E-state index contributed by atoms with van der Waals surface area (Å²) >= 11 is 0. The van der Waals surface area contributed by atoms with Crippen molar-refractivity contribution >= 4 is 11.8 Å². The molecule has 0 fully saturated rings. The number of nitrogens with one attached hydrogen (secondary N) is 1. The molecule has 3 aliphatic rings. The summed E-state index contributed by atoms with van der Waals surface area (Å²) < 4.78 is 0. The minimum absolute atomic E-state index is 0.0645. The van der Waals surface area contributed by atoms with E-state index in [2.05, 4.69) is 17.3 Å². The van der Waals surface area contributed by atoms with E-state index in [1.54, 1.807) is 47.8 Å². The molecule has 0 bridgehead atoms. The fourth-order valence-electron chi connectivity index (χ4n) is 2.52. The maximum atomic E-state index is 12.2.